The second-order valence-corrected chi connectivity index (χ2v) is 4.54. The van der Waals surface area contributed by atoms with Crippen LogP contribution in [0, 0.1) is 4.77 Å². The summed E-state index contributed by atoms with van der Waals surface area (Å²) in [4.78, 5) is 3.77. The number of nitrogens with two attached hydrogens (primary N) is 1. The van der Waals surface area contributed by atoms with Crippen LogP contribution in [0.3, 0.4) is 0 Å². The van der Waals surface area contributed by atoms with Crippen LogP contribution in [-0.4, -0.2) is 44.2 Å². The molecule has 1 aromatic heterocycles. The van der Waals surface area contributed by atoms with Crippen molar-refractivity contribution in [1.29, 1.82) is 0 Å². The third-order valence-electron chi connectivity index (χ3n) is 2.85. The highest BCUT2D eigenvalue weighted by atomic mass is 32.1. The number of aromatic nitrogens is 2. The van der Waals surface area contributed by atoms with Gasteiger partial charge in [0.05, 0.1) is 9.30 Å². The Morgan fingerprint density at radius 1 is 1.83 bits per heavy atom. The fraction of sp³-hybridized carbons (Fsp3) is 0.600. The van der Waals surface area contributed by atoms with Gasteiger partial charge in [0.15, 0.2) is 11.9 Å². The number of nitrogen functional groups attached to an aromatic ring is 1. The molecule has 1 aliphatic rings. The minimum Gasteiger partial charge on any atom is -0.394 e. The molecule has 1 unspecified atom stereocenters. The van der Waals surface area contributed by atoms with E-state index in [2.05, 4.69) is 4.98 Å². The normalized spacial score (nSPS) is 38.3. The lowest BCUT2D eigenvalue weighted by Crippen LogP contribution is -2.40. The standard InChI is InChI=1S/C10H14FN3O3S/c1-10(11)7(16)5(4-15)17-8(10)14-3-2-6(12)13-9(14)18/h2-3,5,7-8,15-16H,4H2,1H3,(H2,12,13,18)/t5-,7+,8-,10?/m1/s1/i4D2. The van der Waals surface area contributed by atoms with Crippen molar-refractivity contribution < 1.29 is 22.1 Å². The molecule has 0 amide bonds. The molecule has 100 valence electrons. The van der Waals surface area contributed by atoms with E-state index < -0.39 is 30.7 Å². The van der Waals surface area contributed by atoms with Gasteiger partial charge >= 0.3 is 0 Å². The number of hydrogen-bond acceptors (Lipinski definition) is 6. The van der Waals surface area contributed by atoms with E-state index in [0.29, 0.717) is 0 Å². The van der Waals surface area contributed by atoms with Gasteiger partial charge in [-0.3, -0.25) is 4.57 Å². The zero-order valence-electron chi connectivity index (χ0n) is 11.4. The first-order chi connectivity index (χ1) is 9.05. The Hall–Kier alpha value is -1.09. The maximum Gasteiger partial charge on any atom is 0.203 e. The Bertz CT molecular complexity index is 578. The number of ether oxygens (including phenoxy) is 1. The van der Waals surface area contributed by atoms with Crippen molar-refractivity contribution in [2.45, 2.75) is 31.0 Å². The molecule has 2 rings (SSSR count). The van der Waals surface area contributed by atoms with Crippen molar-refractivity contribution in [1.82, 2.24) is 9.55 Å². The number of aliphatic hydroxyl groups is 2. The van der Waals surface area contributed by atoms with Crippen molar-refractivity contribution >= 4 is 18.0 Å². The SMILES string of the molecule is [2H]C([2H])(O)[C@H]1O[C@@H](n2ccc(N)nc2=S)C(C)(F)[C@H]1O. The third kappa shape index (κ3) is 2.01. The Kier molecular flexibility index (Phi) is 2.72. The number of halogens is 1. The van der Waals surface area contributed by atoms with E-state index in [9.17, 15) is 14.6 Å². The molecule has 0 saturated carbocycles. The molecule has 0 radical (unpaired) electrons. The molecule has 2 heterocycles. The van der Waals surface area contributed by atoms with E-state index in [1.807, 2.05) is 0 Å². The molecule has 0 bridgehead atoms. The monoisotopic (exact) mass is 277 g/mol. The first-order valence-corrected chi connectivity index (χ1v) is 5.55. The number of rotatable bonds is 2. The van der Waals surface area contributed by atoms with Gasteiger partial charge in [0.2, 0.25) is 4.77 Å². The van der Waals surface area contributed by atoms with Gasteiger partial charge in [0.1, 0.15) is 18.0 Å². The average Bonchev–Trinajstić information content (AvgIpc) is 2.51. The average molecular weight is 277 g/mol. The second-order valence-electron chi connectivity index (χ2n) is 4.18. The van der Waals surface area contributed by atoms with Crippen LogP contribution >= 0.6 is 12.2 Å². The highest BCUT2D eigenvalue weighted by molar-refractivity contribution is 7.71. The van der Waals surface area contributed by atoms with Crippen molar-refractivity contribution in [3.8, 4) is 0 Å². The molecule has 18 heavy (non-hydrogen) atoms. The first-order valence-electron chi connectivity index (χ1n) is 6.14. The zero-order valence-corrected chi connectivity index (χ0v) is 10.3. The van der Waals surface area contributed by atoms with E-state index >= 15 is 0 Å². The topological polar surface area (TPSA) is 93.5 Å². The van der Waals surface area contributed by atoms with Crippen molar-refractivity contribution in [2.24, 2.45) is 0 Å². The summed E-state index contributed by atoms with van der Waals surface area (Å²) in [7, 11) is 0. The van der Waals surface area contributed by atoms with Gasteiger partial charge < -0.3 is 20.7 Å². The predicted molar refractivity (Wildman–Crippen MR) is 64.0 cm³/mol. The summed E-state index contributed by atoms with van der Waals surface area (Å²) in [6.45, 7) is -1.86. The lowest BCUT2D eigenvalue weighted by Gasteiger charge is -2.25. The van der Waals surface area contributed by atoms with E-state index in [0.717, 1.165) is 11.5 Å². The Labute approximate surface area is 111 Å². The van der Waals surface area contributed by atoms with E-state index in [4.69, 9.17) is 25.4 Å². The van der Waals surface area contributed by atoms with Gasteiger partial charge in [-0.05, 0) is 25.2 Å². The van der Waals surface area contributed by atoms with Crippen LogP contribution in [0.2, 0.25) is 0 Å². The molecule has 0 aliphatic carbocycles. The maximum atomic E-state index is 14.6. The summed E-state index contributed by atoms with van der Waals surface area (Å²) in [5.41, 5.74) is 3.08. The van der Waals surface area contributed by atoms with Crippen LogP contribution in [0.25, 0.3) is 0 Å². The Morgan fingerprint density at radius 2 is 2.50 bits per heavy atom. The number of aliphatic hydroxyl groups excluding tert-OH is 1. The van der Waals surface area contributed by atoms with E-state index in [1.165, 1.54) is 12.3 Å². The summed E-state index contributed by atoms with van der Waals surface area (Å²) >= 11 is 4.94. The van der Waals surface area contributed by atoms with Gasteiger partial charge in [-0.1, -0.05) is 0 Å². The first kappa shape index (κ1) is 10.8. The van der Waals surface area contributed by atoms with Crippen LogP contribution in [0.5, 0.6) is 0 Å². The zero-order chi connectivity index (χ0) is 15.3. The van der Waals surface area contributed by atoms with Crippen LogP contribution in [0.15, 0.2) is 12.3 Å². The summed E-state index contributed by atoms with van der Waals surface area (Å²) in [6.07, 6.45) is -3.71. The Morgan fingerprint density at radius 3 is 3.00 bits per heavy atom. The maximum absolute atomic E-state index is 14.6. The number of alkyl halides is 1. The molecule has 1 aliphatic heterocycles. The second kappa shape index (κ2) is 4.54. The van der Waals surface area contributed by atoms with Gasteiger partial charge in [-0.2, -0.15) is 0 Å². The smallest absolute Gasteiger partial charge is 0.203 e. The fourth-order valence-corrected chi connectivity index (χ4v) is 2.09. The predicted octanol–water partition coefficient (Wildman–Crippen LogP) is 0.174. The van der Waals surface area contributed by atoms with Crippen LogP contribution < -0.4 is 5.73 Å². The van der Waals surface area contributed by atoms with E-state index in [1.54, 1.807) is 0 Å². The quantitative estimate of drug-likeness (QED) is 0.667. The molecular formula is C10H14FN3O3S. The van der Waals surface area contributed by atoms with Gasteiger partial charge in [0, 0.05) is 6.20 Å². The number of nitrogens with zero attached hydrogens (tertiary/aromatic N) is 2. The van der Waals surface area contributed by atoms with Crippen molar-refractivity contribution in [2.75, 3.05) is 12.3 Å². The molecule has 4 N–H and O–H groups in total. The van der Waals surface area contributed by atoms with Crippen molar-refractivity contribution in [3.63, 3.8) is 0 Å². The molecule has 1 saturated heterocycles. The Balaban J connectivity index is 2.45. The number of hydrogen-bond donors (Lipinski definition) is 3. The van der Waals surface area contributed by atoms with Crippen LogP contribution in [0.4, 0.5) is 10.2 Å². The summed E-state index contributed by atoms with van der Waals surface area (Å²) in [6, 6.07) is 1.36. The number of anilines is 1. The molecule has 0 spiro atoms. The molecular weight excluding hydrogens is 261 g/mol. The minimum absolute atomic E-state index is 0.0785. The van der Waals surface area contributed by atoms with Crippen molar-refractivity contribution in [3.05, 3.63) is 17.0 Å². The fourth-order valence-electron chi connectivity index (χ4n) is 1.83. The molecule has 4 atom stereocenters. The van der Waals surface area contributed by atoms with Gasteiger partial charge in [-0.15, -0.1) is 0 Å². The highest BCUT2D eigenvalue weighted by Crippen LogP contribution is 2.41. The van der Waals surface area contributed by atoms with E-state index in [-0.39, 0.29) is 10.6 Å². The highest BCUT2D eigenvalue weighted by Gasteiger charge is 2.54. The molecule has 1 fully saturated rings. The lowest BCUT2D eigenvalue weighted by atomic mass is 9.99. The van der Waals surface area contributed by atoms with Crippen LogP contribution in [0.1, 0.15) is 15.9 Å². The third-order valence-corrected chi connectivity index (χ3v) is 3.16. The molecule has 0 aromatic carbocycles. The minimum atomic E-state index is -2.90. The van der Waals surface area contributed by atoms with Crippen LogP contribution in [-0.2, 0) is 4.74 Å². The molecule has 6 nitrogen and oxygen atoms in total. The largest absolute Gasteiger partial charge is 0.394 e. The van der Waals surface area contributed by atoms with Gasteiger partial charge in [0.25, 0.3) is 0 Å². The molecule has 8 heteroatoms. The van der Waals surface area contributed by atoms with Gasteiger partial charge in [-0.25, -0.2) is 9.37 Å². The summed E-state index contributed by atoms with van der Waals surface area (Å²) in [5.74, 6) is 0.138. The summed E-state index contributed by atoms with van der Waals surface area (Å²) < 4.78 is 35.1. The summed E-state index contributed by atoms with van der Waals surface area (Å²) in [5, 5.41) is 19.1. The molecule has 1 aromatic rings. The lowest BCUT2D eigenvalue weighted by molar-refractivity contribution is -0.0600.